The molecule has 1 atom stereocenters. The Labute approximate surface area is 102 Å². The van der Waals surface area contributed by atoms with Crippen molar-refractivity contribution in [3.8, 4) is 0 Å². The van der Waals surface area contributed by atoms with Crippen LogP contribution >= 0.6 is 0 Å². The molecular weight excluding hydrogens is 214 g/mol. The van der Waals surface area contributed by atoms with Crippen LogP contribution in [0.2, 0.25) is 0 Å². The Hall–Kier alpha value is -1.71. The third-order valence-corrected chi connectivity index (χ3v) is 2.74. The maximum absolute atomic E-state index is 11.3. The summed E-state index contributed by atoms with van der Waals surface area (Å²) >= 11 is 0. The molecule has 94 valence electrons. The van der Waals surface area contributed by atoms with Crippen LogP contribution in [-0.4, -0.2) is 11.9 Å². The van der Waals surface area contributed by atoms with Gasteiger partial charge in [0, 0.05) is 6.04 Å². The lowest BCUT2D eigenvalue weighted by Gasteiger charge is -2.18. The zero-order valence-corrected chi connectivity index (χ0v) is 10.5. The van der Waals surface area contributed by atoms with Gasteiger partial charge < -0.3 is 16.8 Å². The number of nitrogens with one attached hydrogen (secondary N) is 1. The minimum Gasteiger partial charge on any atom is -0.397 e. The molecule has 1 aromatic rings. The number of nitrogens with two attached hydrogens (primary N) is 2. The molecule has 0 radical (unpaired) electrons. The van der Waals surface area contributed by atoms with Crippen LogP contribution < -0.4 is 16.8 Å². The van der Waals surface area contributed by atoms with E-state index in [-0.39, 0.29) is 6.04 Å². The van der Waals surface area contributed by atoms with Crippen molar-refractivity contribution < 1.29 is 4.79 Å². The maximum Gasteiger partial charge on any atom is 0.250 e. The van der Waals surface area contributed by atoms with E-state index in [1.165, 1.54) is 0 Å². The fraction of sp³-hybridized carbons (Fsp3) is 0.462. The van der Waals surface area contributed by atoms with Gasteiger partial charge in [0.25, 0.3) is 5.91 Å². The molecule has 5 N–H and O–H groups in total. The van der Waals surface area contributed by atoms with Gasteiger partial charge in [0.1, 0.15) is 0 Å². The number of primary amides is 1. The summed E-state index contributed by atoms with van der Waals surface area (Å²) in [6.45, 7) is 4.23. The summed E-state index contributed by atoms with van der Waals surface area (Å²) in [5, 5.41) is 3.27. The molecule has 0 aliphatic carbocycles. The number of anilines is 2. The van der Waals surface area contributed by atoms with Crippen molar-refractivity contribution in [2.24, 2.45) is 5.73 Å². The highest BCUT2D eigenvalue weighted by Gasteiger charge is 2.12. The first-order valence-electron chi connectivity index (χ1n) is 6.01. The molecule has 1 unspecified atom stereocenters. The minimum absolute atomic E-state index is 0.276. The SMILES string of the molecule is CCCCC(C)Nc1c(N)cccc1C(N)=O. The van der Waals surface area contributed by atoms with Crippen LogP contribution in [0.15, 0.2) is 18.2 Å². The van der Waals surface area contributed by atoms with E-state index in [1.807, 2.05) is 0 Å². The van der Waals surface area contributed by atoms with Gasteiger partial charge in [-0.25, -0.2) is 0 Å². The first-order chi connectivity index (χ1) is 8.06. The van der Waals surface area contributed by atoms with Crippen LogP contribution in [-0.2, 0) is 0 Å². The van der Waals surface area contributed by atoms with Crippen molar-refractivity contribution in [2.45, 2.75) is 39.2 Å². The van der Waals surface area contributed by atoms with Gasteiger partial charge in [-0.2, -0.15) is 0 Å². The van der Waals surface area contributed by atoms with Gasteiger partial charge in [-0.1, -0.05) is 25.8 Å². The number of benzene rings is 1. The van der Waals surface area contributed by atoms with Crippen LogP contribution in [0, 0.1) is 0 Å². The Balaban J connectivity index is 2.85. The number of unbranched alkanes of at least 4 members (excludes halogenated alkanes) is 1. The van der Waals surface area contributed by atoms with Crippen LogP contribution in [0.5, 0.6) is 0 Å². The van der Waals surface area contributed by atoms with E-state index in [4.69, 9.17) is 11.5 Å². The highest BCUT2D eigenvalue weighted by molar-refractivity contribution is 6.01. The first-order valence-corrected chi connectivity index (χ1v) is 6.01. The van der Waals surface area contributed by atoms with Crippen molar-refractivity contribution in [3.63, 3.8) is 0 Å². The molecule has 4 heteroatoms. The van der Waals surface area contributed by atoms with Crippen molar-refractivity contribution in [2.75, 3.05) is 11.1 Å². The molecule has 0 aliphatic rings. The van der Waals surface area contributed by atoms with Crippen molar-refractivity contribution >= 4 is 17.3 Å². The predicted molar refractivity (Wildman–Crippen MR) is 72.0 cm³/mol. The molecule has 0 bridgehead atoms. The number of carbonyl (C=O) groups is 1. The molecule has 1 rings (SSSR count). The number of hydrogen-bond donors (Lipinski definition) is 3. The van der Waals surface area contributed by atoms with E-state index in [0.717, 1.165) is 19.3 Å². The zero-order chi connectivity index (χ0) is 12.8. The fourth-order valence-electron chi connectivity index (χ4n) is 1.77. The number of para-hydroxylation sites is 1. The lowest BCUT2D eigenvalue weighted by Crippen LogP contribution is -2.21. The van der Waals surface area contributed by atoms with E-state index >= 15 is 0 Å². The van der Waals surface area contributed by atoms with Gasteiger partial charge in [-0.05, 0) is 25.5 Å². The summed E-state index contributed by atoms with van der Waals surface area (Å²) < 4.78 is 0. The third-order valence-electron chi connectivity index (χ3n) is 2.74. The third kappa shape index (κ3) is 3.66. The minimum atomic E-state index is -0.456. The Bertz CT molecular complexity index is 390. The monoisotopic (exact) mass is 235 g/mol. The number of rotatable bonds is 6. The standard InChI is InChI=1S/C13H21N3O/c1-3-4-6-9(2)16-12-10(13(15)17)7-5-8-11(12)14/h5,7-9,16H,3-4,6,14H2,1-2H3,(H2,15,17). The van der Waals surface area contributed by atoms with Crippen LogP contribution in [0.3, 0.4) is 0 Å². The second-order valence-electron chi connectivity index (χ2n) is 4.32. The zero-order valence-electron chi connectivity index (χ0n) is 10.5. The van der Waals surface area contributed by atoms with Gasteiger partial charge in [-0.3, -0.25) is 4.79 Å². The van der Waals surface area contributed by atoms with E-state index in [1.54, 1.807) is 18.2 Å². The topological polar surface area (TPSA) is 81.1 Å². The Morgan fingerprint density at radius 3 is 2.76 bits per heavy atom. The normalized spacial score (nSPS) is 12.1. The molecule has 0 fully saturated rings. The van der Waals surface area contributed by atoms with E-state index in [9.17, 15) is 4.79 Å². The summed E-state index contributed by atoms with van der Waals surface area (Å²) in [4.78, 5) is 11.3. The Kier molecular flexibility index (Phi) is 4.82. The predicted octanol–water partition coefficient (Wildman–Crippen LogP) is 2.36. The van der Waals surface area contributed by atoms with Crippen LogP contribution in [0.4, 0.5) is 11.4 Å². The van der Waals surface area contributed by atoms with E-state index < -0.39 is 5.91 Å². The second-order valence-corrected chi connectivity index (χ2v) is 4.32. The molecule has 0 saturated carbocycles. The summed E-state index contributed by atoms with van der Waals surface area (Å²) in [6.07, 6.45) is 3.34. The maximum atomic E-state index is 11.3. The van der Waals surface area contributed by atoms with Crippen molar-refractivity contribution in [3.05, 3.63) is 23.8 Å². The Morgan fingerprint density at radius 1 is 1.47 bits per heavy atom. The van der Waals surface area contributed by atoms with Gasteiger partial charge >= 0.3 is 0 Å². The van der Waals surface area contributed by atoms with Crippen molar-refractivity contribution in [1.82, 2.24) is 0 Å². The number of amides is 1. The largest absolute Gasteiger partial charge is 0.397 e. The molecular formula is C13H21N3O. The molecule has 1 amide bonds. The van der Waals surface area contributed by atoms with Gasteiger partial charge in [0.2, 0.25) is 0 Å². The molecule has 0 aliphatic heterocycles. The molecule has 1 aromatic carbocycles. The lowest BCUT2D eigenvalue weighted by atomic mass is 10.1. The molecule has 0 spiro atoms. The highest BCUT2D eigenvalue weighted by Crippen LogP contribution is 2.24. The smallest absolute Gasteiger partial charge is 0.250 e. The molecule has 0 heterocycles. The van der Waals surface area contributed by atoms with Gasteiger partial charge in [0.15, 0.2) is 0 Å². The van der Waals surface area contributed by atoms with Gasteiger partial charge in [0.05, 0.1) is 16.9 Å². The van der Waals surface area contributed by atoms with Gasteiger partial charge in [-0.15, -0.1) is 0 Å². The molecule has 0 saturated heterocycles. The van der Waals surface area contributed by atoms with Crippen molar-refractivity contribution in [1.29, 1.82) is 0 Å². The van der Waals surface area contributed by atoms with Crippen LogP contribution in [0.25, 0.3) is 0 Å². The molecule has 17 heavy (non-hydrogen) atoms. The van der Waals surface area contributed by atoms with E-state index in [2.05, 4.69) is 19.2 Å². The summed E-state index contributed by atoms with van der Waals surface area (Å²) in [6, 6.07) is 5.46. The quantitative estimate of drug-likeness (QED) is 0.662. The average Bonchev–Trinajstić information content (AvgIpc) is 2.28. The molecule has 0 aromatic heterocycles. The summed E-state index contributed by atoms with van der Waals surface area (Å²) in [5.41, 5.74) is 12.9. The average molecular weight is 235 g/mol. The number of nitrogen functional groups attached to an aromatic ring is 1. The summed E-state index contributed by atoms with van der Waals surface area (Å²) in [5.74, 6) is -0.456. The lowest BCUT2D eigenvalue weighted by molar-refractivity contribution is 0.100. The highest BCUT2D eigenvalue weighted by atomic mass is 16.1. The Morgan fingerprint density at radius 2 is 2.18 bits per heavy atom. The summed E-state index contributed by atoms with van der Waals surface area (Å²) in [7, 11) is 0. The fourth-order valence-corrected chi connectivity index (χ4v) is 1.77. The second kappa shape index (κ2) is 6.13. The first kappa shape index (κ1) is 13.4. The van der Waals surface area contributed by atoms with Crippen LogP contribution in [0.1, 0.15) is 43.5 Å². The molecule has 4 nitrogen and oxygen atoms in total. The number of carbonyl (C=O) groups excluding carboxylic acids is 1. The van der Waals surface area contributed by atoms with E-state index in [0.29, 0.717) is 16.9 Å². The number of hydrogen-bond acceptors (Lipinski definition) is 3.